The molecule has 1 aliphatic rings. The Morgan fingerprint density at radius 3 is 1.95 bits per heavy atom. The lowest BCUT2D eigenvalue weighted by Gasteiger charge is -2.23. The molecule has 4 aromatic rings. The van der Waals surface area contributed by atoms with Crippen molar-refractivity contribution in [2.45, 2.75) is 19.0 Å². The van der Waals surface area contributed by atoms with Crippen molar-refractivity contribution < 1.29 is 8.93 Å². The molecule has 0 spiro atoms. The van der Waals surface area contributed by atoms with Crippen molar-refractivity contribution in [3.8, 4) is 5.75 Å². The number of hydrogen-bond donors (Lipinski definition) is 2. The average molecular weight is 555 g/mol. The van der Waals surface area contributed by atoms with Gasteiger partial charge in [-0.05, 0) is 76.7 Å². The van der Waals surface area contributed by atoms with Crippen molar-refractivity contribution in [3.05, 3.63) is 120 Å². The molecule has 1 aliphatic heterocycles. The average Bonchev–Trinajstić information content (AvgIpc) is 3.00. The molecule has 0 amide bonds. The summed E-state index contributed by atoms with van der Waals surface area (Å²) in [6.07, 6.45) is 1.31. The SMILES string of the molecule is CN(C)C1=NC(c2ccc(OCCCc3ccc([P+](F)(c4ccccc4)c4ccccc4)cc3)cc2)N=C(N)N1. The number of guanidine groups is 2. The van der Waals surface area contributed by atoms with Crippen LogP contribution in [0, 0.1) is 0 Å². The largest absolute Gasteiger partial charge is 0.494 e. The third-order valence-corrected chi connectivity index (χ3v) is 9.77. The molecule has 5 rings (SSSR count). The number of benzene rings is 4. The summed E-state index contributed by atoms with van der Waals surface area (Å²) in [5.41, 5.74) is 8.02. The summed E-state index contributed by atoms with van der Waals surface area (Å²) < 4.78 is 22.9. The maximum absolute atomic E-state index is 16.9. The van der Waals surface area contributed by atoms with Crippen LogP contribution in [-0.4, -0.2) is 37.5 Å². The minimum absolute atomic E-state index is 0.344. The van der Waals surface area contributed by atoms with Crippen LogP contribution in [0.25, 0.3) is 0 Å². The summed E-state index contributed by atoms with van der Waals surface area (Å²) >= 11 is 0. The van der Waals surface area contributed by atoms with Gasteiger partial charge in [0.15, 0.2) is 12.1 Å². The third-order valence-electron chi connectivity index (χ3n) is 6.74. The van der Waals surface area contributed by atoms with Crippen molar-refractivity contribution >= 4 is 35.4 Å². The summed E-state index contributed by atoms with van der Waals surface area (Å²) in [4.78, 5) is 10.8. The van der Waals surface area contributed by atoms with Gasteiger partial charge in [0.25, 0.3) is 7.57 Å². The Morgan fingerprint density at radius 2 is 1.38 bits per heavy atom. The van der Waals surface area contributed by atoms with Crippen LogP contribution in [-0.2, 0) is 6.42 Å². The van der Waals surface area contributed by atoms with Crippen LogP contribution in [0.1, 0.15) is 23.7 Å². The summed E-state index contributed by atoms with van der Waals surface area (Å²) in [7, 11) is 0.603. The molecular formula is C32H34FN5OP+. The highest BCUT2D eigenvalue weighted by Crippen LogP contribution is 2.56. The molecule has 0 aromatic heterocycles. The van der Waals surface area contributed by atoms with Crippen LogP contribution < -0.4 is 31.7 Å². The van der Waals surface area contributed by atoms with Gasteiger partial charge in [0.05, 0.1) is 6.61 Å². The molecular weight excluding hydrogens is 520 g/mol. The maximum Gasteiger partial charge on any atom is 0.298 e. The van der Waals surface area contributed by atoms with Gasteiger partial charge < -0.3 is 15.4 Å². The van der Waals surface area contributed by atoms with Crippen molar-refractivity contribution in [1.29, 1.82) is 0 Å². The van der Waals surface area contributed by atoms with Crippen LogP contribution in [0.3, 0.4) is 0 Å². The van der Waals surface area contributed by atoms with E-state index < -0.39 is 7.57 Å². The third kappa shape index (κ3) is 6.16. The van der Waals surface area contributed by atoms with Gasteiger partial charge in [-0.1, -0.05) is 60.7 Å². The maximum atomic E-state index is 16.9. The number of nitrogens with zero attached hydrogens (tertiary/aromatic N) is 3. The van der Waals surface area contributed by atoms with Gasteiger partial charge in [-0.15, -0.1) is 0 Å². The molecule has 0 radical (unpaired) electrons. The smallest absolute Gasteiger partial charge is 0.298 e. The Labute approximate surface area is 235 Å². The van der Waals surface area contributed by atoms with Gasteiger partial charge in [-0.2, -0.15) is 0 Å². The summed E-state index contributed by atoms with van der Waals surface area (Å²) in [5, 5.41) is 5.15. The lowest BCUT2D eigenvalue weighted by molar-refractivity contribution is 0.311. The summed E-state index contributed by atoms with van der Waals surface area (Å²) in [5.74, 6) is 1.81. The van der Waals surface area contributed by atoms with Crippen LogP contribution in [0.4, 0.5) is 4.20 Å². The molecule has 0 aliphatic carbocycles. The summed E-state index contributed by atoms with van der Waals surface area (Å²) in [6.45, 7) is 0.580. The molecule has 1 heterocycles. The molecule has 40 heavy (non-hydrogen) atoms. The van der Waals surface area contributed by atoms with E-state index in [1.165, 1.54) is 0 Å². The Bertz CT molecular complexity index is 1420. The molecule has 0 saturated carbocycles. The van der Waals surface area contributed by atoms with Gasteiger partial charge in [0, 0.05) is 14.1 Å². The Balaban J connectivity index is 1.18. The predicted octanol–water partition coefficient (Wildman–Crippen LogP) is 4.71. The van der Waals surface area contributed by atoms with E-state index in [9.17, 15) is 0 Å². The number of halogens is 1. The molecule has 4 aromatic carbocycles. The highest BCUT2D eigenvalue weighted by atomic mass is 31.2. The van der Waals surface area contributed by atoms with Gasteiger partial charge in [0.1, 0.15) is 21.7 Å². The number of aryl methyl sites for hydroxylation is 1. The predicted molar refractivity (Wildman–Crippen MR) is 165 cm³/mol. The number of rotatable bonds is 9. The van der Waals surface area contributed by atoms with E-state index in [0.29, 0.717) is 18.5 Å². The molecule has 1 unspecified atom stereocenters. The second-order valence-electron chi connectivity index (χ2n) is 9.81. The van der Waals surface area contributed by atoms with Gasteiger partial charge in [-0.25, -0.2) is 9.98 Å². The van der Waals surface area contributed by atoms with Crippen LogP contribution in [0.5, 0.6) is 5.75 Å². The minimum Gasteiger partial charge on any atom is -0.494 e. The Kier molecular flexibility index (Phi) is 8.42. The second kappa shape index (κ2) is 12.3. The molecule has 0 bridgehead atoms. The zero-order valence-corrected chi connectivity index (χ0v) is 23.6. The number of aliphatic imine (C=N–C) groups is 2. The van der Waals surface area contributed by atoms with Crippen molar-refractivity contribution in [3.63, 3.8) is 0 Å². The quantitative estimate of drug-likeness (QED) is 0.232. The molecule has 204 valence electrons. The monoisotopic (exact) mass is 554 g/mol. The minimum atomic E-state index is -3.20. The van der Waals surface area contributed by atoms with Crippen LogP contribution in [0.2, 0.25) is 0 Å². The van der Waals surface area contributed by atoms with E-state index >= 15 is 4.20 Å². The molecule has 6 nitrogen and oxygen atoms in total. The fraction of sp³-hybridized carbons (Fsp3) is 0.188. The molecule has 0 saturated heterocycles. The van der Waals surface area contributed by atoms with Crippen molar-refractivity contribution in [1.82, 2.24) is 10.2 Å². The highest BCUT2D eigenvalue weighted by molar-refractivity contribution is 7.91. The number of ether oxygens (including phenoxy) is 1. The van der Waals surface area contributed by atoms with E-state index in [4.69, 9.17) is 10.5 Å². The van der Waals surface area contributed by atoms with Crippen molar-refractivity contribution in [2.75, 3.05) is 20.7 Å². The second-order valence-corrected chi connectivity index (χ2v) is 12.5. The normalized spacial score (nSPS) is 15.0. The van der Waals surface area contributed by atoms with E-state index in [1.54, 1.807) is 0 Å². The number of hydrogen-bond acceptors (Lipinski definition) is 6. The van der Waals surface area contributed by atoms with E-state index in [1.807, 2.05) is 128 Å². The lowest BCUT2D eigenvalue weighted by Crippen LogP contribution is -2.46. The van der Waals surface area contributed by atoms with Gasteiger partial charge in [-0.3, -0.25) is 5.32 Å². The highest BCUT2D eigenvalue weighted by Gasteiger charge is 2.47. The first-order valence-corrected chi connectivity index (χ1v) is 15.0. The van der Waals surface area contributed by atoms with Gasteiger partial charge in [0.2, 0.25) is 5.96 Å². The van der Waals surface area contributed by atoms with E-state index in [-0.39, 0.29) is 6.17 Å². The first-order chi connectivity index (χ1) is 19.4. The summed E-state index contributed by atoms with van der Waals surface area (Å²) in [6, 6.07) is 34.8. The lowest BCUT2D eigenvalue weighted by atomic mass is 10.1. The van der Waals surface area contributed by atoms with E-state index in [2.05, 4.69) is 15.3 Å². The van der Waals surface area contributed by atoms with E-state index in [0.717, 1.165) is 45.6 Å². The first-order valence-electron chi connectivity index (χ1n) is 13.3. The van der Waals surface area contributed by atoms with Gasteiger partial charge >= 0.3 is 0 Å². The van der Waals surface area contributed by atoms with Crippen LogP contribution >= 0.6 is 7.57 Å². The molecule has 3 N–H and O–H groups in total. The molecule has 8 heteroatoms. The zero-order valence-electron chi connectivity index (χ0n) is 22.7. The Morgan fingerprint density at radius 1 is 0.800 bits per heavy atom. The first kappa shape index (κ1) is 27.4. The standard InChI is InChI=1S/C32H34FN5OP/c1-38(2)32-36-30(35-31(34)37-32)25-17-19-26(20-18-25)39-23-9-10-24-15-21-29(22-16-24)40(33,27-11-5-3-6-12-27)28-13-7-4-8-14-28/h3-8,11-22,30H,9-10,23H2,1-2H3,(H3,34,35,36,37)/q+1. The van der Waals surface area contributed by atoms with Crippen molar-refractivity contribution in [2.24, 2.45) is 15.7 Å². The number of nitrogens with one attached hydrogen (secondary N) is 1. The Hall–Kier alpha value is -4.22. The fourth-order valence-electron chi connectivity index (χ4n) is 4.62. The molecule has 0 fully saturated rings. The molecule has 1 atom stereocenters. The van der Waals surface area contributed by atoms with Crippen LogP contribution in [0.15, 0.2) is 119 Å². The zero-order chi connectivity index (χ0) is 28.0. The fourth-order valence-corrected chi connectivity index (χ4v) is 7.24. The number of nitrogens with two attached hydrogens (primary N) is 1. The topological polar surface area (TPSA) is 75.2 Å².